The van der Waals surface area contributed by atoms with Gasteiger partial charge >= 0.3 is 0 Å². The van der Waals surface area contributed by atoms with E-state index in [2.05, 4.69) is 12.2 Å². The molecule has 0 fully saturated rings. The molecule has 0 aliphatic rings. The van der Waals surface area contributed by atoms with Crippen LogP contribution in [0.2, 0.25) is 0 Å². The topological polar surface area (TPSA) is 34.1 Å². The van der Waals surface area contributed by atoms with Gasteiger partial charge in [-0.15, -0.1) is 0 Å². The molecule has 0 aliphatic heterocycles. The van der Waals surface area contributed by atoms with Crippen molar-refractivity contribution in [1.29, 1.82) is 0 Å². The molecule has 0 bridgehead atoms. The molecule has 0 aromatic rings. The largest absolute Gasteiger partial charge is 0.303 e. The van der Waals surface area contributed by atoms with Gasteiger partial charge in [-0.1, -0.05) is 24.3 Å². The zero-order valence-corrected chi connectivity index (χ0v) is 8.52. The summed E-state index contributed by atoms with van der Waals surface area (Å²) in [6, 6.07) is 0. The highest BCUT2D eigenvalue weighted by Crippen LogP contribution is 1.96. The summed E-state index contributed by atoms with van der Waals surface area (Å²) in [5, 5.41) is 0. The van der Waals surface area contributed by atoms with Crippen LogP contribution < -0.4 is 0 Å². The van der Waals surface area contributed by atoms with E-state index >= 15 is 0 Å². The Kier molecular flexibility index (Phi) is 10.8. The second-order valence-electron chi connectivity index (χ2n) is 3.05. The average molecular weight is 194 g/mol. The summed E-state index contributed by atoms with van der Waals surface area (Å²) < 4.78 is 0. The number of carbonyl (C=O) groups is 2. The van der Waals surface area contributed by atoms with E-state index in [4.69, 9.17) is 0 Å². The van der Waals surface area contributed by atoms with Crippen LogP contribution in [0.1, 0.15) is 38.5 Å². The van der Waals surface area contributed by atoms with Crippen LogP contribution in [-0.2, 0) is 9.59 Å². The van der Waals surface area contributed by atoms with Crippen molar-refractivity contribution in [3.63, 3.8) is 0 Å². The van der Waals surface area contributed by atoms with Gasteiger partial charge in [0.05, 0.1) is 0 Å². The third kappa shape index (κ3) is 10.8. The molecule has 0 aromatic carbocycles. The Balaban J connectivity index is 3.22. The fourth-order valence-electron chi connectivity index (χ4n) is 0.988. The van der Waals surface area contributed by atoms with Crippen LogP contribution in [0.15, 0.2) is 24.3 Å². The van der Waals surface area contributed by atoms with Crippen LogP contribution in [0.25, 0.3) is 0 Å². The predicted molar refractivity (Wildman–Crippen MR) is 58.1 cm³/mol. The van der Waals surface area contributed by atoms with Gasteiger partial charge in [-0.05, 0) is 25.7 Å². The van der Waals surface area contributed by atoms with Crippen LogP contribution in [0.5, 0.6) is 0 Å². The van der Waals surface area contributed by atoms with Crippen molar-refractivity contribution >= 4 is 12.6 Å². The van der Waals surface area contributed by atoms with Gasteiger partial charge in [-0.2, -0.15) is 0 Å². The summed E-state index contributed by atoms with van der Waals surface area (Å²) in [5.74, 6) is 0. The Labute approximate surface area is 85.7 Å². The molecule has 0 N–H and O–H groups in total. The SMILES string of the molecule is O=CCCCC=CC=CCCCC=O. The van der Waals surface area contributed by atoms with Gasteiger partial charge in [0.1, 0.15) is 12.6 Å². The van der Waals surface area contributed by atoms with E-state index < -0.39 is 0 Å². The highest BCUT2D eigenvalue weighted by Gasteiger charge is 1.81. The molecule has 2 heteroatoms. The number of hydrogen-bond acceptors (Lipinski definition) is 2. The van der Waals surface area contributed by atoms with E-state index in [0.29, 0.717) is 12.8 Å². The molecule has 2 nitrogen and oxygen atoms in total. The summed E-state index contributed by atoms with van der Waals surface area (Å²) in [5.41, 5.74) is 0. The molecule has 0 spiro atoms. The summed E-state index contributed by atoms with van der Waals surface area (Å²) in [6.07, 6.45) is 15.1. The third-order valence-corrected chi connectivity index (χ3v) is 1.77. The first-order valence-electron chi connectivity index (χ1n) is 5.10. The summed E-state index contributed by atoms with van der Waals surface area (Å²) in [4.78, 5) is 19.9. The molecule has 14 heavy (non-hydrogen) atoms. The Bertz CT molecular complexity index is 170. The molecule has 0 heterocycles. The maximum absolute atomic E-state index is 9.97. The van der Waals surface area contributed by atoms with Crippen LogP contribution in [0.3, 0.4) is 0 Å². The van der Waals surface area contributed by atoms with Crippen molar-refractivity contribution in [3.05, 3.63) is 24.3 Å². The minimum absolute atomic E-state index is 0.646. The van der Waals surface area contributed by atoms with Crippen LogP contribution in [0, 0.1) is 0 Å². The number of allylic oxidation sites excluding steroid dienone is 4. The first kappa shape index (κ1) is 12.8. The Hall–Kier alpha value is -1.18. The standard InChI is InChI=1S/C12H18O2/c13-11-9-7-5-3-1-2-4-6-8-10-12-14/h1-4,11-12H,5-10H2. The summed E-state index contributed by atoms with van der Waals surface area (Å²) in [7, 11) is 0. The molecule has 78 valence electrons. The lowest BCUT2D eigenvalue weighted by molar-refractivity contribution is -0.108. The first-order valence-corrected chi connectivity index (χ1v) is 5.10. The normalized spacial score (nSPS) is 11.1. The summed E-state index contributed by atoms with van der Waals surface area (Å²) in [6.45, 7) is 0. The lowest BCUT2D eigenvalue weighted by atomic mass is 10.2. The molecule has 0 atom stereocenters. The van der Waals surface area contributed by atoms with Crippen molar-refractivity contribution in [1.82, 2.24) is 0 Å². The molecule has 0 unspecified atom stereocenters. The van der Waals surface area contributed by atoms with Crippen molar-refractivity contribution < 1.29 is 9.59 Å². The van der Waals surface area contributed by atoms with Crippen molar-refractivity contribution in [3.8, 4) is 0 Å². The Morgan fingerprint density at radius 2 is 1.07 bits per heavy atom. The summed E-state index contributed by atoms with van der Waals surface area (Å²) >= 11 is 0. The van der Waals surface area contributed by atoms with E-state index in [1.54, 1.807) is 0 Å². The van der Waals surface area contributed by atoms with Gasteiger partial charge in [0, 0.05) is 12.8 Å². The first-order chi connectivity index (χ1) is 6.91. The van der Waals surface area contributed by atoms with Crippen LogP contribution >= 0.6 is 0 Å². The molecule has 0 amide bonds. The van der Waals surface area contributed by atoms with Gasteiger partial charge < -0.3 is 9.59 Å². The second-order valence-corrected chi connectivity index (χ2v) is 3.05. The molecule has 0 radical (unpaired) electrons. The molecular formula is C12H18O2. The van der Waals surface area contributed by atoms with Crippen LogP contribution in [-0.4, -0.2) is 12.6 Å². The number of rotatable bonds is 9. The van der Waals surface area contributed by atoms with Gasteiger partial charge in [0.15, 0.2) is 0 Å². The second kappa shape index (κ2) is 11.8. The zero-order valence-electron chi connectivity index (χ0n) is 8.52. The highest BCUT2D eigenvalue weighted by molar-refractivity contribution is 5.49. The fourth-order valence-corrected chi connectivity index (χ4v) is 0.988. The maximum atomic E-state index is 9.97. The van der Waals surface area contributed by atoms with E-state index in [9.17, 15) is 9.59 Å². The lowest BCUT2D eigenvalue weighted by Gasteiger charge is -1.87. The monoisotopic (exact) mass is 194 g/mol. The molecule has 0 aliphatic carbocycles. The maximum Gasteiger partial charge on any atom is 0.120 e. The van der Waals surface area contributed by atoms with E-state index in [0.717, 1.165) is 38.3 Å². The number of carbonyl (C=O) groups excluding carboxylic acids is 2. The van der Waals surface area contributed by atoms with Crippen molar-refractivity contribution in [2.75, 3.05) is 0 Å². The molecule has 0 rings (SSSR count). The fraction of sp³-hybridized carbons (Fsp3) is 0.500. The Morgan fingerprint density at radius 3 is 1.43 bits per heavy atom. The number of unbranched alkanes of at least 4 members (excludes halogenated alkanes) is 4. The van der Waals surface area contributed by atoms with Gasteiger partial charge in [0.2, 0.25) is 0 Å². The van der Waals surface area contributed by atoms with E-state index in [1.165, 1.54) is 0 Å². The van der Waals surface area contributed by atoms with Gasteiger partial charge in [0.25, 0.3) is 0 Å². The van der Waals surface area contributed by atoms with Crippen molar-refractivity contribution in [2.45, 2.75) is 38.5 Å². The minimum Gasteiger partial charge on any atom is -0.303 e. The number of hydrogen-bond donors (Lipinski definition) is 0. The minimum atomic E-state index is 0.646. The molecule has 0 saturated carbocycles. The molecule has 0 saturated heterocycles. The lowest BCUT2D eigenvalue weighted by Crippen LogP contribution is -1.74. The van der Waals surface area contributed by atoms with E-state index in [1.807, 2.05) is 12.2 Å². The Morgan fingerprint density at radius 1 is 0.643 bits per heavy atom. The smallest absolute Gasteiger partial charge is 0.120 e. The van der Waals surface area contributed by atoms with Gasteiger partial charge in [-0.3, -0.25) is 0 Å². The van der Waals surface area contributed by atoms with E-state index in [-0.39, 0.29) is 0 Å². The van der Waals surface area contributed by atoms with Gasteiger partial charge in [-0.25, -0.2) is 0 Å². The highest BCUT2D eigenvalue weighted by atomic mass is 16.1. The van der Waals surface area contributed by atoms with Crippen LogP contribution in [0.4, 0.5) is 0 Å². The van der Waals surface area contributed by atoms with Crippen molar-refractivity contribution in [2.24, 2.45) is 0 Å². The average Bonchev–Trinajstić information content (AvgIpc) is 2.21. The molecule has 0 aromatic heterocycles. The third-order valence-electron chi connectivity index (χ3n) is 1.77. The molecular weight excluding hydrogens is 176 g/mol. The zero-order chi connectivity index (χ0) is 10.5. The predicted octanol–water partition coefficient (Wildman–Crippen LogP) is 2.84. The number of aldehydes is 2. The quantitative estimate of drug-likeness (QED) is 0.321.